The van der Waals surface area contributed by atoms with Gasteiger partial charge in [0.05, 0.1) is 25.2 Å². The molecule has 5 aliphatic carbocycles. The average Bonchev–Trinajstić information content (AvgIpc) is 3.80. The van der Waals surface area contributed by atoms with Crippen molar-refractivity contribution < 1.29 is 78.6 Å². The molecule has 0 unspecified atom stereocenters. The second kappa shape index (κ2) is 14.9. The summed E-state index contributed by atoms with van der Waals surface area (Å²) in [4.78, 5) is 38.6. The van der Waals surface area contributed by atoms with Crippen molar-refractivity contribution in [3.63, 3.8) is 0 Å². The summed E-state index contributed by atoms with van der Waals surface area (Å²) in [7, 11) is 1.04. The number of hydrogen-bond acceptors (Lipinski definition) is 15. The van der Waals surface area contributed by atoms with Gasteiger partial charge in [-0.2, -0.15) is 0 Å². The fourth-order valence-corrected chi connectivity index (χ4v) is 14.6. The number of esters is 2. The topological polar surface area (TPSA) is 248 Å². The monoisotopic (exact) mass is 836 g/mol. The fraction of sp³-hybridized carbons (Fsp3) is 0.884. The van der Waals surface area contributed by atoms with Crippen molar-refractivity contribution in [3.05, 3.63) is 11.6 Å². The molecule has 5 saturated carbocycles. The first-order chi connectivity index (χ1) is 27.8. The van der Waals surface area contributed by atoms with E-state index in [1.807, 2.05) is 6.08 Å². The Hall–Kier alpha value is -2.25. The molecule has 16 heteroatoms. The second-order valence-electron chi connectivity index (χ2n) is 20.1. The molecular formula is C43H64O16. The molecule has 332 valence electrons. The maximum absolute atomic E-state index is 13.7. The lowest BCUT2D eigenvalue weighted by Crippen LogP contribution is -2.66. The van der Waals surface area contributed by atoms with Crippen LogP contribution < -0.4 is 0 Å². The van der Waals surface area contributed by atoms with Gasteiger partial charge in [-0.15, -0.1) is 0 Å². The molecule has 8 aliphatic rings. The minimum Gasteiger partial charge on any atom is -0.481 e. The van der Waals surface area contributed by atoms with Gasteiger partial charge in [0.2, 0.25) is 0 Å². The normalized spacial score (nSPS) is 53.4. The number of rotatable bonds is 9. The summed E-state index contributed by atoms with van der Waals surface area (Å²) in [6.07, 6.45) is -8.24. The van der Waals surface area contributed by atoms with Gasteiger partial charge in [-0.3, -0.25) is 4.79 Å². The summed E-state index contributed by atoms with van der Waals surface area (Å²) in [6.45, 7) is 9.97. The molecule has 3 aliphatic heterocycles. The SMILES string of the molecule is COC(=O)[C@@H]1O[C@H](O[C@H]2[C@H](O[C@@H]3CC[C@]45C[C@]46CC[C@]4(C)[C@H]([C@H](C)[C@@H]7CC=C(C)C(=O)O7)CC[C@]4(C)[C@@H]6CC[C@@H]5[C@]3(C)C(=O)O)O[C@@H](CO)[C@H](O)[C@@H]2O)[C@H](O)[C@@H](O)[C@@H]1O. The number of hydrogen-bond donors (Lipinski definition) is 7. The summed E-state index contributed by atoms with van der Waals surface area (Å²) >= 11 is 0. The number of aliphatic carboxylic acids is 1. The highest BCUT2D eigenvalue weighted by atomic mass is 16.8. The van der Waals surface area contributed by atoms with E-state index in [1.165, 1.54) is 0 Å². The number of ether oxygens (including phenoxy) is 6. The number of carbonyl (C=O) groups excluding carboxylic acids is 2. The van der Waals surface area contributed by atoms with Crippen molar-refractivity contribution >= 4 is 17.9 Å². The van der Waals surface area contributed by atoms with Gasteiger partial charge in [-0.1, -0.05) is 26.8 Å². The number of methoxy groups -OCH3 is 1. The molecule has 59 heavy (non-hydrogen) atoms. The van der Waals surface area contributed by atoms with E-state index in [2.05, 4.69) is 25.5 Å². The fourth-order valence-electron chi connectivity index (χ4n) is 14.6. The standard InChI is InChI=1S/C43H64O16/c1-19-7-8-22(55-34(19)50)20(2)21-11-13-40(4)24-9-10-25-41(5,38(52)53)26(12-14-42(25)18-43(24,42)16-15-39(21,40)3)57-37-33(29(47)27(45)23(17-44)56-37)59-36-31(49)28(46)30(48)32(58-36)35(51)54-6/h7,20-33,36-37,44-49H,8-18H2,1-6H3,(H,52,53)/t20-,21-,22-,23-,24-,25+,26+,27-,28-,29-,30-,31+,32+,33+,36+,37-,39+,40+,41-,42+,43-/m0/s1. The molecule has 0 radical (unpaired) electrons. The van der Waals surface area contributed by atoms with Crippen LogP contribution in [-0.2, 0) is 42.8 Å². The quantitative estimate of drug-likeness (QED) is 0.129. The zero-order valence-electron chi connectivity index (χ0n) is 34.9. The highest BCUT2D eigenvalue weighted by molar-refractivity contribution is 5.88. The smallest absolute Gasteiger partial charge is 0.337 e. The number of carbonyl (C=O) groups is 3. The van der Waals surface area contributed by atoms with Gasteiger partial charge < -0.3 is 64.2 Å². The van der Waals surface area contributed by atoms with Gasteiger partial charge in [-0.25, -0.2) is 9.59 Å². The predicted octanol–water partition coefficient (Wildman–Crippen LogP) is 1.58. The van der Waals surface area contributed by atoms with Gasteiger partial charge >= 0.3 is 17.9 Å². The molecule has 2 saturated heterocycles. The van der Waals surface area contributed by atoms with E-state index in [0.717, 1.165) is 52.1 Å². The van der Waals surface area contributed by atoms with Gasteiger partial charge in [0, 0.05) is 12.0 Å². The van der Waals surface area contributed by atoms with Crippen molar-refractivity contribution in [3.8, 4) is 0 Å². The van der Waals surface area contributed by atoms with Crippen LogP contribution in [0.2, 0.25) is 0 Å². The Morgan fingerprint density at radius 1 is 0.831 bits per heavy atom. The maximum Gasteiger partial charge on any atom is 0.337 e. The van der Waals surface area contributed by atoms with Crippen LogP contribution in [0.15, 0.2) is 11.6 Å². The van der Waals surface area contributed by atoms with Gasteiger partial charge in [0.15, 0.2) is 18.7 Å². The van der Waals surface area contributed by atoms with Crippen LogP contribution in [0.3, 0.4) is 0 Å². The molecule has 0 aromatic heterocycles. The first-order valence-corrected chi connectivity index (χ1v) is 21.6. The van der Waals surface area contributed by atoms with Crippen LogP contribution in [0.5, 0.6) is 0 Å². The summed E-state index contributed by atoms with van der Waals surface area (Å²) in [5.41, 5.74) is -0.943. The van der Waals surface area contributed by atoms with Crippen LogP contribution in [0.25, 0.3) is 0 Å². The van der Waals surface area contributed by atoms with Gasteiger partial charge in [0.25, 0.3) is 0 Å². The van der Waals surface area contributed by atoms with E-state index in [0.29, 0.717) is 36.7 Å². The summed E-state index contributed by atoms with van der Waals surface area (Å²) in [5.74, 6) is -1.59. The molecule has 7 fully saturated rings. The average molecular weight is 837 g/mol. The molecule has 8 rings (SSSR count). The Balaban J connectivity index is 1.04. The molecule has 0 bridgehead atoms. The minimum absolute atomic E-state index is 0.0214. The van der Waals surface area contributed by atoms with Gasteiger partial charge in [0.1, 0.15) is 48.8 Å². The minimum atomic E-state index is -1.93. The second-order valence-corrected chi connectivity index (χ2v) is 20.1. The predicted molar refractivity (Wildman–Crippen MR) is 202 cm³/mol. The number of fused-ring (bicyclic) bond motifs is 2. The molecule has 0 aromatic rings. The Morgan fingerprint density at radius 3 is 2.19 bits per heavy atom. The van der Waals surface area contributed by atoms with E-state index in [-0.39, 0.29) is 45.6 Å². The third-order valence-electron chi connectivity index (χ3n) is 18.1. The Morgan fingerprint density at radius 2 is 1.53 bits per heavy atom. The number of cyclic esters (lactones) is 1. The van der Waals surface area contributed by atoms with E-state index >= 15 is 0 Å². The van der Waals surface area contributed by atoms with Crippen molar-refractivity contribution in [1.82, 2.24) is 0 Å². The van der Waals surface area contributed by atoms with Crippen molar-refractivity contribution in [2.45, 2.75) is 172 Å². The molecular weight excluding hydrogens is 772 g/mol. The van der Waals surface area contributed by atoms with Crippen molar-refractivity contribution in [1.29, 1.82) is 0 Å². The van der Waals surface area contributed by atoms with Crippen LogP contribution in [0.4, 0.5) is 0 Å². The summed E-state index contributed by atoms with van der Waals surface area (Å²) < 4.78 is 34.6. The first kappa shape index (κ1) is 43.4. The number of carboxylic acids is 1. The van der Waals surface area contributed by atoms with Crippen LogP contribution in [0, 0.1) is 50.7 Å². The lowest BCUT2D eigenvalue weighted by atomic mass is 9.41. The van der Waals surface area contributed by atoms with E-state index < -0.39 is 91.5 Å². The summed E-state index contributed by atoms with van der Waals surface area (Å²) in [5, 5.41) is 75.3. The molecule has 7 N–H and O–H groups in total. The largest absolute Gasteiger partial charge is 0.481 e. The van der Waals surface area contributed by atoms with E-state index in [4.69, 9.17) is 23.7 Å². The van der Waals surface area contributed by atoms with E-state index in [9.17, 15) is 50.1 Å². The zero-order valence-corrected chi connectivity index (χ0v) is 34.9. The molecule has 3 heterocycles. The van der Waals surface area contributed by atoms with Crippen LogP contribution in [-0.4, -0.2) is 141 Å². The lowest BCUT2D eigenvalue weighted by Gasteiger charge is -2.63. The zero-order chi connectivity index (χ0) is 42.8. The first-order valence-electron chi connectivity index (χ1n) is 21.6. The van der Waals surface area contributed by atoms with Crippen molar-refractivity contribution in [2.24, 2.45) is 50.7 Å². The molecule has 0 amide bonds. The number of aliphatic hydroxyl groups is 6. The Bertz CT molecular complexity index is 1710. The van der Waals surface area contributed by atoms with Gasteiger partial charge in [-0.05, 0) is 117 Å². The maximum atomic E-state index is 13.7. The van der Waals surface area contributed by atoms with E-state index in [1.54, 1.807) is 13.8 Å². The summed E-state index contributed by atoms with van der Waals surface area (Å²) in [6, 6.07) is 0. The Labute approximate surface area is 344 Å². The highest BCUT2D eigenvalue weighted by Crippen LogP contribution is 2.89. The number of carboxylic acid groups (broad SMARTS) is 1. The molecule has 16 nitrogen and oxygen atoms in total. The van der Waals surface area contributed by atoms with Crippen LogP contribution >= 0.6 is 0 Å². The molecule has 0 aromatic carbocycles. The van der Waals surface area contributed by atoms with Crippen molar-refractivity contribution in [2.75, 3.05) is 13.7 Å². The highest BCUT2D eigenvalue weighted by Gasteiger charge is 2.83. The lowest BCUT2D eigenvalue weighted by molar-refractivity contribution is -0.374. The number of aliphatic hydroxyl groups excluding tert-OH is 6. The third-order valence-corrected chi connectivity index (χ3v) is 18.1. The third kappa shape index (κ3) is 6.08. The molecule has 2 spiro atoms. The van der Waals surface area contributed by atoms with Crippen LogP contribution in [0.1, 0.15) is 98.8 Å². The Kier molecular flexibility index (Phi) is 11.0. The molecule has 21 atom stereocenters.